The van der Waals surface area contributed by atoms with Gasteiger partial charge in [-0.2, -0.15) is 0 Å². The van der Waals surface area contributed by atoms with Crippen LogP contribution in [0.25, 0.3) is 11.1 Å². The highest BCUT2D eigenvalue weighted by molar-refractivity contribution is 5.82. The average Bonchev–Trinajstić information content (AvgIpc) is 2.99. The van der Waals surface area contributed by atoms with Crippen molar-refractivity contribution >= 4 is 12.1 Å². The summed E-state index contributed by atoms with van der Waals surface area (Å²) in [6, 6.07) is 15.6. The van der Waals surface area contributed by atoms with Crippen LogP contribution in [0.5, 0.6) is 0 Å². The summed E-state index contributed by atoms with van der Waals surface area (Å²) in [7, 11) is 1.31. The van der Waals surface area contributed by atoms with Gasteiger partial charge in [-0.1, -0.05) is 62.4 Å². The van der Waals surface area contributed by atoms with E-state index in [2.05, 4.69) is 29.6 Å². The Labute approximate surface area is 159 Å². The van der Waals surface area contributed by atoms with Gasteiger partial charge in [-0.15, -0.1) is 0 Å². The van der Waals surface area contributed by atoms with E-state index in [0.717, 1.165) is 11.1 Å². The number of carbonyl (C=O) groups excluding carboxylic acids is 2. The molecule has 5 heteroatoms. The maximum Gasteiger partial charge on any atom is 0.407 e. The van der Waals surface area contributed by atoms with Gasteiger partial charge in [-0.3, -0.25) is 0 Å². The number of nitrogens with one attached hydrogen (secondary N) is 1. The van der Waals surface area contributed by atoms with Gasteiger partial charge in [0.05, 0.1) is 7.11 Å². The van der Waals surface area contributed by atoms with Gasteiger partial charge in [0.1, 0.15) is 12.6 Å². The standard InChI is InChI=1S/C22H25NO4/c1-14(2)12-20(21(24)26-3)23-22(25)27-13-19-17-10-6-4-8-15(17)16-9-5-7-11-18(16)19/h4-11,14,19-20H,12-13H2,1-3H3,(H,23,25). The smallest absolute Gasteiger partial charge is 0.407 e. The Balaban J connectivity index is 1.69. The largest absolute Gasteiger partial charge is 0.467 e. The van der Waals surface area contributed by atoms with Crippen molar-refractivity contribution in [2.24, 2.45) is 5.92 Å². The molecule has 1 N–H and O–H groups in total. The quantitative estimate of drug-likeness (QED) is 0.780. The van der Waals surface area contributed by atoms with E-state index in [1.54, 1.807) is 0 Å². The van der Waals surface area contributed by atoms with Gasteiger partial charge in [0, 0.05) is 5.92 Å². The molecular weight excluding hydrogens is 342 g/mol. The van der Waals surface area contributed by atoms with Crippen molar-refractivity contribution in [2.75, 3.05) is 13.7 Å². The molecule has 1 unspecified atom stereocenters. The molecule has 0 fully saturated rings. The minimum Gasteiger partial charge on any atom is -0.467 e. The molecule has 2 aromatic rings. The third-order valence-electron chi connectivity index (χ3n) is 4.83. The van der Waals surface area contributed by atoms with Crippen LogP contribution in [0.2, 0.25) is 0 Å². The van der Waals surface area contributed by atoms with Crippen LogP contribution in [0.3, 0.4) is 0 Å². The molecule has 5 nitrogen and oxygen atoms in total. The first-order valence-electron chi connectivity index (χ1n) is 9.20. The third kappa shape index (κ3) is 4.13. The normalized spacial score (nSPS) is 13.6. The molecule has 0 radical (unpaired) electrons. The predicted molar refractivity (Wildman–Crippen MR) is 103 cm³/mol. The van der Waals surface area contributed by atoms with Crippen molar-refractivity contribution in [1.82, 2.24) is 5.32 Å². The van der Waals surface area contributed by atoms with Crippen LogP contribution in [-0.2, 0) is 14.3 Å². The molecule has 0 saturated heterocycles. The van der Waals surface area contributed by atoms with Crippen LogP contribution in [0.15, 0.2) is 48.5 Å². The molecule has 0 heterocycles. The molecule has 0 bridgehead atoms. The van der Waals surface area contributed by atoms with Crippen molar-refractivity contribution in [3.05, 3.63) is 59.7 Å². The fourth-order valence-corrected chi connectivity index (χ4v) is 3.61. The van der Waals surface area contributed by atoms with Crippen molar-refractivity contribution in [3.63, 3.8) is 0 Å². The molecule has 2 aromatic carbocycles. The van der Waals surface area contributed by atoms with E-state index in [1.807, 2.05) is 38.1 Å². The zero-order valence-corrected chi connectivity index (χ0v) is 15.9. The van der Waals surface area contributed by atoms with Crippen LogP contribution >= 0.6 is 0 Å². The number of alkyl carbamates (subject to hydrolysis) is 1. The fraction of sp³-hybridized carbons (Fsp3) is 0.364. The minimum atomic E-state index is -0.703. The summed E-state index contributed by atoms with van der Waals surface area (Å²) < 4.78 is 10.3. The van der Waals surface area contributed by atoms with E-state index in [4.69, 9.17) is 9.47 Å². The van der Waals surface area contributed by atoms with E-state index in [9.17, 15) is 9.59 Å². The lowest BCUT2D eigenvalue weighted by molar-refractivity contribution is -0.143. The van der Waals surface area contributed by atoms with Gasteiger partial charge in [0.2, 0.25) is 0 Å². The summed E-state index contributed by atoms with van der Waals surface area (Å²) in [5.74, 6) is -0.231. The van der Waals surface area contributed by atoms with Gasteiger partial charge in [0.15, 0.2) is 0 Å². The summed E-state index contributed by atoms with van der Waals surface area (Å²) in [6.07, 6.45) is -0.107. The first-order valence-corrected chi connectivity index (χ1v) is 9.20. The summed E-state index contributed by atoms with van der Waals surface area (Å²) in [5, 5.41) is 2.64. The zero-order chi connectivity index (χ0) is 19.4. The highest BCUT2D eigenvalue weighted by atomic mass is 16.6. The molecular formula is C22H25NO4. The second kappa shape index (κ2) is 8.25. The SMILES string of the molecule is COC(=O)C(CC(C)C)NC(=O)OCC1c2ccccc2-c2ccccc21. The van der Waals surface area contributed by atoms with Crippen molar-refractivity contribution < 1.29 is 19.1 Å². The molecule has 0 aromatic heterocycles. The lowest BCUT2D eigenvalue weighted by Gasteiger charge is -2.19. The molecule has 3 rings (SSSR count). The highest BCUT2D eigenvalue weighted by Gasteiger charge is 2.30. The lowest BCUT2D eigenvalue weighted by Crippen LogP contribution is -2.42. The number of rotatable bonds is 6. The Morgan fingerprint density at radius 2 is 1.56 bits per heavy atom. The second-order valence-electron chi connectivity index (χ2n) is 7.18. The zero-order valence-electron chi connectivity index (χ0n) is 15.9. The topological polar surface area (TPSA) is 64.6 Å². The number of hydrogen-bond acceptors (Lipinski definition) is 4. The van der Waals surface area contributed by atoms with Crippen LogP contribution in [-0.4, -0.2) is 31.8 Å². The molecule has 27 heavy (non-hydrogen) atoms. The van der Waals surface area contributed by atoms with Crippen molar-refractivity contribution in [3.8, 4) is 11.1 Å². The van der Waals surface area contributed by atoms with E-state index >= 15 is 0 Å². The number of amides is 1. The Morgan fingerprint density at radius 3 is 2.07 bits per heavy atom. The molecule has 1 atom stereocenters. The van der Waals surface area contributed by atoms with Gasteiger partial charge in [-0.05, 0) is 34.6 Å². The maximum atomic E-state index is 12.3. The van der Waals surface area contributed by atoms with Crippen LogP contribution < -0.4 is 5.32 Å². The molecule has 142 valence electrons. The van der Waals surface area contributed by atoms with Gasteiger partial charge < -0.3 is 14.8 Å². The van der Waals surface area contributed by atoms with Crippen molar-refractivity contribution in [2.45, 2.75) is 32.2 Å². The fourth-order valence-electron chi connectivity index (χ4n) is 3.61. The Bertz CT molecular complexity index is 785. The van der Waals surface area contributed by atoms with Gasteiger partial charge >= 0.3 is 12.1 Å². The maximum absolute atomic E-state index is 12.3. The molecule has 1 amide bonds. The molecule has 0 spiro atoms. The Morgan fingerprint density at radius 1 is 1.00 bits per heavy atom. The van der Waals surface area contributed by atoms with Crippen LogP contribution in [0.4, 0.5) is 4.79 Å². The first kappa shape index (κ1) is 19.0. The molecule has 1 aliphatic rings. The van der Waals surface area contributed by atoms with E-state index in [-0.39, 0.29) is 18.4 Å². The summed E-state index contributed by atoms with van der Waals surface area (Å²) in [5.41, 5.74) is 4.65. The van der Waals surface area contributed by atoms with E-state index in [0.29, 0.717) is 6.42 Å². The average molecular weight is 367 g/mol. The predicted octanol–water partition coefficient (Wildman–Crippen LogP) is 4.11. The monoisotopic (exact) mass is 367 g/mol. The molecule has 1 aliphatic carbocycles. The number of ether oxygens (including phenoxy) is 2. The summed E-state index contributed by atoms with van der Waals surface area (Å²) in [6.45, 7) is 4.18. The molecule has 0 aliphatic heterocycles. The number of carbonyl (C=O) groups is 2. The van der Waals surface area contributed by atoms with E-state index < -0.39 is 18.1 Å². The van der Waals surface area contributed by atoms with Crippen molar-refractivity contribution in [1.29, 1.82) is 0 Å². The van der Waals surface area contributed by atoms with Gasteiger partial charge in [-0.25, -0.2) is 9.59 Å². The summed E-state index contributed by atoms with van der Waals surface area (Å²) in [4.78, 5) is 24.2. The van der Waals surface area contributed by atoms with E-state index in [1.165, 1.54) is 18.2 Å². The summed E-state index contributed by atoms with van der Waals surface area (Å²) >= 11 is 0. The number of esters is 1. The minimum absolute atomic E-state index is 0.00942. The van der Waals surface area contributed by atoms with Crippen LogP contribution in [0.1, 0.15) is 37.3 Å². The second-order valence-corrected chi connectivity index (χ2v) is 7.18. The Hall–Kier alpha value is -2.82. The lowest BCUT2D eigenvalue weighted by atomic mass is 9.98. The highest BCUT2D eigenvalue weighted by Crippen LogP contribution is 2.44. The first-order chi connectivity index (χ1) is 13.0. The number of fused-ring (bicyclic) bond motifs is 3. The van der Waals surface area contributed by atoms with Crippen LogP contribution in [0, 0.1) is 5.92 Å². The number of benzene rings is 2. The van der Waals surface area contributed by atoms with Gasteiger partial charge in [0.25, 0.3) is 0 Å². The number of methoxy groups -OCH3 is 1. The molecule has 0 saturated carbocycles. The Kier molecular flexibility index (Phi) is 5.79. The number of hydrogen-bond donors (Lipinski definition) is 1. The third-order valence-corrected chi connectivity index (χ3v) is 4.83.